The molecule has 0 radical (unpaired) electrons. The van der Waals surface area contributed by atoms with Gasteiger partial charge in [-0.05, 0) is 24.1 Å². The van der Waals surface area contributed by atoms with Crippen LogP contribution in [0.25, 0.3) is 0 Å². The molecule has 1 heterocycles. The van der Waals surface area contributed by atoms with Crippen molar-refractivity contribution in [2.24, 2.45) is 0 Å². The van der Waals surface area contributed by atoms with Gasteiger partial charge in [-0.15, -0.1) is 0 Å². The number of hydrogen-bond acceptors (Lipinski definition) is 6. The van der Waals surface area contributed by atoms with Gasteiger partial charge in [0.25, 0.3) is 0 Å². The molecule has 34 heavy (non-hydrogen) atoms. The van der Waals surface area contributed by atoms with Crippen LogP contribution in [0.15, 0.2) is 30.3 Å². The minimum Gasteiger partial charge on any atom is -0.507 e. The Hall–Kier alpha value is -2.89. The number of phenolic OH excluding ortho intramolecular Hbond substituents is 2. The second kappa shape index (κ2) is 13.1. The van der Waals surface area contributed by atoms with E-state index in [0.717, 1.165) is 12.8 Å². The number of hydrogen-bond donors (Lipinski definition) is 2. The van der Waals surface area contributed by atoms with Crippen LogP contribution in [0.1, 0.15) is 99.6 Å². The third-order valence-electron chi connectivity index (χ3n) is 6.32. The van der Waals surface area contributed by atoms with E-state index in [4.69, 9.17) is 14.2 Å². The SMILES string of the molecule is CCCCCCCCCCCCOc1cc(O)c2c(c1)O[C@H](c1ccc(OC)c(O)c1)CC2=O. The number of ether oxygens (including phenoxy) is 3. The van der Waals surface area contributed by atoms with Crippen molar-refractivity contribution >= 4 is 5.78 Å². The molecule has 0 aromatic heterocycles. The Morgan fingerprint density at radius 1 is 0.912 bits per heavy atom. The molecule has 0 fully saturated rings. The summed E-state index contributed by atoms with van der Waals surface area (Å²) in [5.41, 5.74) is 0.841. The number of carbonyl (C=O) groups is 1. The maximum atomic E-state index is 12.7. The van der Waals surface area contributed by atoms with Crippen molar-refractivity contribution in [2.75, 3.05) is 13.7 Å². The van der Waals surface area contributed by atoms with Gasteiger partial charge < -0.3 is 24.4 Å². The number of phenols is 2. The summed E-state index contributed by atoms with van der Waals surface area (Å²) < 4.78 is 17.0. The van der Waals surface area contributed by atoms with E-state index in [1.165, 1.54) is 70.6 Å². The van der Waals surface area contributed by atoms with Gasteiger partial charge in [0.05, 0.1) is 20.1 Å². The van der Waals surface area contributed by atoms with Gasteiger partial charge in [0.15, 0.2) is 17.3 Å². The highest BCUT2D eigenvalue weighted by Gasteiger charge is 2.31. The molecule has 0 amide bonds. The summed E-state index contributed by atoms with van der Waals surface area (Å²) in [4.78, 5) is 12.7. The first kappa shape index (κ1) is 25.7. The molecule has 0 saturated carbocycles. The summed E-state index contributed by atoms with van der Waals surface area (Å²) >= 11 is 0. The van der Waals surface area contributed by atoms with E-state index < -0.39 is 6.10 Å². The smallest absolute Gasteiger partial charge is 0.174 e. The van der Waals surface area contributed by atoms with Crippen molar-refractivity contribution in [3.63, 3.8) is 0 Å². The third-order valence-corrected chi connectivity index (χ3v) is 6.32. The Labute approximate surface area is 202 Å². The molecule has 0 aliphatic carbocycles. The first-order chi connectivity index (χ1) is 16.5. The molecule has 0 bridgehead atoms. The molecule has 6 nitrogen and oxygen atoms in total. The van der Waals surface area contributed by atoms with E-state index in [0.29, 0.717) is 29.4 Å². The lowest BCUT2D eigenvalue weighted by atomic mass is 9.95. The summed E-state index contributed by atoms with van der Waals surface area (Å²) in [5, 5.41) is 20.5. The minimum atomic E-state index is -0.562. The third kappa shape index (κ3) is 7.05. The topological polar surface area (TPSA) is 85.2 Å². The molecule has 0 saturated heterocycles. The molecule has 3 rings (SSSR count). The molecular formula is C28H38O6. The van der Waals surface area contributed by atoms with Crippen LogP contribution in [0.3, 0.4) is 0 Å². The fourth-order valence-electron chi connectivity index (χ4n) is 4.37. The first-order valence-electron chi connectivity index (χ1n) is 12.6. The molecule has 2 aromatic rings. The van der Waals surface area contributed by atoms with Gasteiger partial charge in [0, 0.05) is 12.1 Å². The van der Waals surface area contributed by atoms with Gasteiger partial charge in [-0.25, -0.2) is 0 Å². The van der Waals surface area contributed by atoms with Crippen LogP contribution in [-0.2, 0) is 0 Å². The standard InChI is InChI=1S/C28H38O6/c1-3-4-5-6-7-8-9-10-11-12-15-33-21-17-23(30)28-24(31)19-26(34-27(28)18-21)20-13-14-25(32-2)22(29)16-20/h13-14,16-18,26,29-30H,3-12,15,19H2,1-2H3/t26-/m0/s1. The van der Waals surface area contributed by atoms with E-state index in [1.807, 2.05) is 0 Å². The summed E-state index contributed by atoms with van der Waals surface area (Å²) in [7, 11) is 1.48. The molecular weight excluding hydrogens is 432 g/mol. The van der Waals surface area contributed by atoms with Crippen LogP contribution < -0.4 is 14.2 Å². The molecule has 0 spiro atoms. The maximum Gasteiger partial charge on any atom is 0.174 e. The number of unbranched alkanes of at least 4 members (excludes halogenated alkanes) is 9. The highest BCUT2D eigenvalue weighted by Crippen LogP contribution is 2.43. The predicted molar refractivity (Wildman–Crippen MR) is 132 cm³/mol. The number of fused-ring (bicyclic) bond motifs is 1. The molecule has 2 aromatic carbocycles. The van der Waals surface area contributed by atoms with Gasteiger partial charge in [-0.3, -0.25) is 4.79 Å². The Kier molecular flexibility index (Phi) is 9.92. The number of ketones is 1. The summed E-state index contributed by atoms with van der Waals surface area (Å²) in [6, 6.07) is 8.08. The average molecular weight is 471 g/mol. The average Bonchev–Trinajstić information content (AvgIpc) is 2.82. The van der Waals surface area contributed by atoms with Crippen molar-refractivity contribution in [2.45, 2.75) is 83.7 Å². The zero-order valence-electron chi connectivity index (χ0n) is 20.5. The van der Waals surface area contributed by atoms with Crippen LogP contribution in [-0.4, -0.2) is 29.7 Å². The van der Waals surface area contributed by atoms with Gasteiger partial charge in [0.2, 0.25) is 0 Å². The quantitative estimate of drug-likeness (QED) is 0.286. The largest absolute Gasteiger partial charge is 0.507 e. The van der Waals surface area contributed by atoms with Crippen LogP contribution in [0, 0.1) is 0 Å². The second-order valence-electron chi connectivity index (χ2n) is 9.01. The van der Waals surface area contributed by atoms with E-state index in [9.17, 15) is 15.0 Å². The normalized spacial score (nSPS) is 15.0. The molecule has 1 aliphatic rings. The van der Waals surface area contributed by atoms with E-state index in [2.05, 4.69) is 6.92 Å². The molecule has 0 unspecified atom stereocenters. The molecule has 1 aliphatic heterocycles. The van der Waals surface area contributed by atoms with Gasteiger partial charge in [-0.1, -0.05) is 70.8 Å². The minimum absolute atomic E-state index is 0.0155. The van der Waals surface area contributed by atoms with Crippen LogP contribution in [0.2, 0.25) is 0 Å². The second-order valence-corrected chi connectivity index (χ2v) is 9.01. The van der Waals surface area contributed by atoms with Crippen molar-refractivity contribution < 1.29 is 29.2 Å². The summed E-state index contributed by atoms with van der Waals surface area (Å²) in [6.07, 6.45) is 12.0. The Morgan fingerprint density at radius 3 is 2.24 bits per heavy atom. The van der Waals surface area contributed by atoms with E-state index in [1.54, 1.807) is 18.2 Å². The Bertz CT molecular complexity index is 939. The van der Waals surface area contributed by atoms with Crippen LogP contribution in [0.5, 0.6) is 28.7 Å². The summed E-state index contributed by atoms with van der Waals surface area (Å²) in [5.74, 6) is 0.787. The van der Waals surface area contributed by atoms with Gasteiger partial charge >= 0.3 is 0 Å². The predicted octanol–water partition coefficient (Wildman–Crippen LogP) is 7.11. The zero-order chi connectivity index (χ0) is 24.3. The highest BCUT2D eigenvalue weighted by atomic mass is 16.5. The van der Waals surface area contributed by atoms with Crippen molar-refractivity contribution in [3.8, 4) is 28.7 Å². The van der Waals surface area contributed by atoms with Crippen molar-refractivity contribution in [1.82, 2.24) is 0 Å². The Balaban J connectivity index is 1.49. The fraction of sp³-hybridized carbons (Fsp3) is 0.536. The number of Topliss-reactive ketones (excluding diaryl/α,β-unsaturated/α-hetero) is 1. The number of methoxy groups -OCH3 is 1. The first-order valence-corrected chi connectivity index (χ1v) is 12.6. The number of aromatic hydroxyl groups is 2. The van der Waals surface area contributed by atoms with Crippen LogP contribution >= 0.6 is 0 Å². The highest BCUT2D eigenvalue weighted by molar-refractivity contribution is 6.02. The van der Waals surface area contributed by atoms with Crippen molar-refractivity contribution in [1.29, 1.82) is 0 Å². The molecule has 1 atom stereocenters. The number of benzene rings is 2. The Morgan fingerprint density at radius 2 is 1.59 bits per heavy atom. The van der Waals surface area contributed by atoms with E-state index in [-0.39, 0.29) is 29.3 Å². The zero-order valence-corrected chi connectivity index (χ0v) is 20.5. The lowest BCUT2D eigenvalue weighted by Gasteiger charge is -2.26. The monoisotopic (exact) mass is 470 g/mol. The van der Waals surface area contributed by atoms with Gasteiger partial charge in [-0.2, -0.15) is 0 Å². The van der Waals surface area contributed by atoms with E-state index >= 15 is 0 Å². The van der Waals surface area contributed by atoms with Crippen molar-refractivity contribution in [3.05, 3.63) is 41.5 Å². The lowest BCUT2D eigenvalue weighted by molar-refractivity contribution is 0.0844. The molecule has 6 heteroatoms. The molecule has 2 N–H and O–H groups in total. The molecule has 186 valence electrons. The fourth-order valence-corrected chi connectivity index (χ4v) is 4.37. The van der Waals surface area contributed by atoms with Crippen LogP contribution in [0.4, 0.5) is 0 Å². The lowest BCUT2D eigenvalue weighted by Crippen LogP contribution is -2.20. The summed E-state index contributed by atoms with van der Waals surface area (Å²) in [6.45, 7) is 2.80. The van der Waals surface area contributed by atoms with Gasteiger partial charge in [0.1, 0.15) is 28.9 Å². The number of rotatable bonds is 14. The number of carbonyl (C=O) groups excluding carboxylic acids is 1. The maximum absolute atomic E-state index is 12.7.